The smallest absolute Gasteiger partial charge is 0.290 e. The Kier molecular flexibility index (Phi) is 5.53. The number of benzene rings is 1. The van der Waals surface area contributed by atoms with Crippen LogP contribution >= 0.6 is 11.3 Å². The van der Waals surface area contributed by atoms with Gasteiger partial charge in [0.1, 0.15) is 0 Å². The van der Waals surface area contributed by atoms with Crippen molar-refractivity contribution in [3.8, 4) is 11.5 Å². The summed E-state index contributed by atoms with van der Waals surface area (Å²) in [7, 11) is 3.18. The van der Waals surface area contributed by atoms with Crippen molar-refractivity contribution < 1.29 is 24.2 Å². The molecule has 0 bridgehead atoms. The highest BCUT2D eigenvalue weighted by Crippen LogP contribution is 2.42. The maximum absolute atomic E-state index is 11.9. The van der Waals surface area contributed by atoms with E-state index in [4.69, 9.17) is 19.4 Å². The Labute approximate surface area is 136 Å². The predicted molar refractivity (Wildman–Crippen MR) is 85.4 cm³/mol. The number of rotatable bonds is 3. The first-order valence-corrected chi connectivity index (χ1v) is 7.60. The third-order valence-electron chi connectivity index (χ3n) is 3.40. The van der Waals surface area contributed by atoms with Crippen molar-refractivity contribution in [2.45, 2.75) is 12.3 Å². The molecule has 23 heavy (non-hydrogen) atoms. The number of aromatic nitrogens is 1. The molecule has 2 heterocycles. The lowest BCUT2D eigenvalue weighted by atomic mass is 9.88. The van der Waals surface area contributed by atoms with Gasteiger partial charge in [0.2, 0.25) is 5.91 Å². The summed E-state index contributed by atoms with van der Waals surface area (Å²) >= 11 is 1.53. The molecule has 1 amide bonds. The van der Waals surface area contributed by atoms with Crippen LogP contribution in [0.3, 0.4) is 0 Å². The highest BCUT2D eigenvalue weighted by molar-refractivity contribution is 7.07. The minimum atomic E-state index is -0.250. The van der Waals surface area contributed by atoms with E-state index in [1.807, 2.05) is 11.4 Å². The van der Waals surface area contributed by atoms with Crippen LogP contribution in [0.4, 0.5) is 5.69 Å². The predicted octanol–water partition coefficient (Wildman–Crippen LogP) is 2.34. The average Bonchev–Trinajstić information content (AvgIpc) is 3.07. The molecule has 1 aliphatic rings. The quantitative estimate of drug-likeness (QED) is 0.835. The molecule has 1 unspecified atom stereocenters. The monoisotopic (exact) mass is 336 g/mol. The first-order valence-electron chi connectivity index (χ1n) is 6.66. The molecule has 3 rings (SSSR count). The third kappa shape index (κ3) is 3.59. The molecule has 0 aliphatic carbocycles. The van der Waals surface area contributed by atoms with E-state index in [2.05, 4.69) is 10.3 Å². The highest BCUT2D eigenvalue weighted by Gasteiger charge is 2.29. The lowest BCUT2D eigenvalue weighted by molar-refractivity contribution is -0.123. The van der Waals surface area contributed by atoms with Crippen LogP contribution in [0.15, 0.2) is 23.0 Å². The molecule has 0 spiro atoms. The fraction of sp³-hybridized carbons (Fsp3) is 0.267. The Balaban J connectivity index is 0.000000595. The van der Waals surface area contributed by atoms with Crippen LogP contribution in [-0.4, -0.2) is 36.7 Å². The second-order valence-electron chi connectivity index (χ2n) is 4.62. The molecule has 8 heteroatoms. The normalized spacial score (nSPS) is 15.6. The molecule has 2 N–H and O–H groups in total. The van der Waals surface area contributed by atoms with Gasteiger partial charge in [-0.3, -0.25) is 9.59 Å². The van der Waals surface area contributed by atoms with E-state index in [0.29, 0.717) is 17.9 Å². The fourth-order valence-corrected chi connectivity index (χ4v) is 3.05. The van der Waals surface area contributed by atoms with E-state index in [-0.39, 0.29) is 18.3 Å². The number of carbonyl (C=O) groups excluding carboxylic acids is 1. The van der Waals surface area contributed by atoms with Gasteiger partial charge >= 0.3 is 0 Å². The van der Waals surface area contributed by atoms with Gasteiger partial charge in [-0.05, 0) is 11.6 Å². The first-order chi connectivity index (χ1) is 11.1. The van der Waals surface area contributed by atoms with E-state index in [1.165, 1.54) is 11.3 Å². The third-order valence-corrected chi connectivity index (χ3v) is 4.01. The van der Waals surface area contributed by atoms with Gasteiger partial charge in [0.15, 0.2) is 11.5 Å². The zero-order valence-corrected chi connectivity index (χ0v) is 13.4. The second-order valence-corrected chi connectivity index (χ2v) is 5.34. The molecule has 7 nitrogen and oxygen atoms in total. The van der Waals surface area contributed by atoms with Crippen molar-refractivity contribution in [3.63, 3.8) is 0 Å². The average molecular weight is 336 g/mol. The second kappa shape index (κ2) is 7.59. The molecule has 2 aromatic rings. The number of anilines is 1. The van der Waals surface area contributed by atoms with Crippen LogP contribution in [0.2, 0.25) is 0 Å². The van der Waals surface area contributed by atoms with Gasteiger partial charge in [0, 0.05) is 29.5 Å². The van der Waals surface area contributed by atoms with Crippen LogP contribution in [0.1, 0.15) is 23.6 Å². The Morgan fingerprint density at radius 2 is 2.00 bits per heavy atom. The highest BCUT2D eigenvalue weighted by atomic mass is 32.1. The van der Waals surface area contributed by atoms with Gasteiger partial charge in [0.25, 0.3) is 6.47 Å². The molecule has 1 atom stereocenters. The molecule has 1 aliphatic heterocycles. The van der Waals surface area contributed by atoms with Crippen molar-refractivity contribution in [3.05, 3.63) is 34.3 Å². The van der Waals surface area contributed by atoms with Crippen LogP contribution in [0, 0.1) is 0 Å². The molecule has 0 saturated heterocycles. The van der Waals surface area contributed by atoms with Crippen molar-refractivity contribution in [2.24, 2.45) is 0 Å². The number of methoxy groups -OCH3 is 2. The standard InChI is InChI=1S/C14H14N2O3S.CH2O2/c1-18-12-3-8-9(11-6-20-7-15-11)4-14(17)16-10(8)5-13(12)19-2;2-1-3/h3,5-7,9H,4H2,1-2H3,(H,16,17);1H,(H,2,3). The SMILES string of the molecule is COc1cc2c(cc1OC)C(c1cscn1)CC(=O)N2.O=CO. The van der Waals surface area contributed by atoms with E-state index in [1.54, 1.807) is 25.8 Å². The zero-order valence-electron chi connectivity index (χ0n) is 12.6. The molecule has 1 aromatic carbocycles. The van der Waals surface area contributed by atoms with Crippen molar-refractivity contribution in [1.29, 1.82) is 0 Å². The molecular weight excluding hydrogens is 320 g/mol. The summed E-state index contributed by atoms with van der Waals surface area (Å²) < 4.78 is 10.6. The minimum absolute atomic E-state index is 0.0114. The van der Waals surface area contributed by atoms with Gasteiger partial charge in [-0.15, -0.1) is 11.3 Å². The summed E-state index contributed by atoms with van der Waals surface area (Å²) in [6.45, 7) is -0.250. The number of nitrogens with zero attached hydrogens (tertiary/aromatic N) is 1. The molecular formula is C15H16N2O5S. The van der Waals surface area contributed by atoms with Crippen molar-refractivity contribution >= 4 is 29.4 Å². The van der Waals surface area contributed by atoms with Crippen molar-refractivity contribution in [2.75, 3.05) is 19.5 Å². The summed E-state index contributed by atoms with van der Waals surface area (Å²) in [5.74, 6) is 1.21. The Morgan fingerprint density at radius 1 is 1.35 bits per heavy atom. The number of carboxylic acid groups (broad SMARTS) is 1. The number of nitrogens with one attached hydrogen (secondary N) is 1. The maximum Gasteiger partial charge on any atom is 0.290 e. The van der Waals surface area contributed by atoms with Gasteiger partial charge in [-0.1, -0.05) is 0 Å². The first kappa shape index (κ1) is 16.8. The molecule has 0 radical (unpaired) electrons. The fourth-order valence-electron chi connectivity index (χ4n) is 2.45. The van der Waals surface area contributed by atoms with Crippen LogP contribution in [-0.2, 0) is 9.59 Å². The summed E-state index contributed by atoms with van der Waals surface area (Å²) in [4.78, 5) is 24.6. The largest absolute Gasteiger partial charge is 0.493 e. The molecule has 1 aromatic heterocycles. The number of hydrogen-bond donors (Lipinski definition) is 2. The Morgan fingerprint density at radius 3 is 2.57 bits per heavy atom. The number of thiazole rings is 1. The lowest BCUT2D eigenvalue weighted by Crippen LogP contribution is -2.23. The van der Waals surface area contributed by atoms with Crippen LogP contribution in [0.25, 0.3) is 0 Å². The van der Waals surface area contributed by atoms with E-state index < -0.39 is 0 Å². The Hall–Kier alpha value is -2.61. The number of ether oxygens (including phenoxy) is 2. The van der Waals surface area contributed by atoms with Gasteiger partial charge in [0.05, 0.1) is 25.4 Å². The van der Waals surface area contributed by atoms with Gasteiger partial charge < -0.3 is 19.9 Å². The topological polar surface area (TPSA) is 97.8 Å². The van der Waals surface area contributed by atoms with Gasteiger partial charge in [-0.2, -0.15) is 0 Å². The number of fused-ring (bicyclic) bond motifs is 1. The maximum atomic E-state index is 11.9. The van der Waals surface area contributed by atoms with Crippen LogP contribution < -0.4 is 14.8 Å². The number of hydrogen-bond acceptors (Lipinski definition) is 6. The Bertz CT molecular complexity index is 687. The van der Waals surface area contributed by atoms with Gasteiger partial charge in [-0.25, -0.2) is 4.98 Å². The molecule has 122 valence electrons. The summed E-state index contributed by atoms with van der Waals surface area (Å²) in [6.07, 6.45) is 0.395. The van der Waals surface area contributed by atoms with E-state index in [0.717, 1.165) is 16.9 Å². The molecule has 0 fully saturated rings. The van der Waals surface area contributed by atoms with E-state index >= 15 is 0 Å². The summed E-state index contributed by atoms with van der Waals surface area (Å²) in [5.41, 5.74) is 4.46. The summed E-state index contributed by atoms with van der Waals surface area (Å²) in [6, 6.07) is 3.71. The minimum Gasteiger partial charge on any atom is -0.493 e. The number of amides is 1. The zero-order chi connectivity index (χ0) is 16.8. The van der Waals surface area contributed by atoms with Crippen molar-refractivity contribution in [1.82, 2.24) is 4.98 Å². The van der Waals surface area contributed by atoms with Crippen LogP contribution in [0.5, 0.6) is 11.5 Å². The number of carbonyl (C=O) groups is 2. The molecule has 0 saturated carbocycles. The summed E-state index contributed by atoms with van der Waals surface area (Å²) in [5, 5.41) is 11.7. The lowest BCUT2D eigenvalue weighted by Gasteiger charge is -2.25. The van der Waals surface area contributed by atoms with E-state index in [9.17, 15) is 4.79 Å².